The van der Waals surface area contributed by atoms with Crippen molar-refractivity contribution in [1.82, 2.24) is 5.32 Å². The summed E-state index contributed by atoms with van der Waals surface area (Å²) >= 11 is 5.31. The van der Waals surface area contributed by atoms with Crippen LogP contribution >= 0.6 is 27.3 Å². The van der Waals surface area contributed by atoms with Gasteiger partial charge in [-0.2, -0.15) is 0 Å². The van der Waals surface area contributed by atoms with E-state index in [0.29, 0.717) is 0 Å². The topological polar surface area (TPSA) is 25.2 Å². The Hall–Kier alpha value is -0.580. The van der Waals surface area contributed by atoms with Crippen LogP contribution in [0.5, 0.6) is 0 Å². The molecule has 0 aromatic carbocycles. The van der Waals surface area contributed by atoms with E-state index in [1.807, 2.05) is 6.07 Å². The molecular formula is C11H12BrNOS. The minimum absolute atomic E-state index is 0.225. The summed E-state index contributed by atoms with van der Waals surface area (Å²) in [5, 5.41) is 5.54. The molecule has 0 aliphatic carbocycles. The summed E-state index contributed by atoms with van der Waals surface area (Å²) in [6.07, 6.45) is 3.50. The summed E-state index contributed by atoms with van der Waals surface area (Å²) in [6, 6.07) is 4.30. The highest BCUT2D eigenvalue weighted by Crippen LogP contribution is 2.33. The van der Waals surface area contributed by atoms with Crippen molar-refractivity contribution in [2.45, 2.75) is 13.0 Å². The zero-order chi connectivity index (χ0) is 10.7. The maximum atomic E-state index is 5.13. The largest absolute Gasteiger partial charge is 0.472 e. The Morgan fingerprint density at radius 3 is 2.93 bits per heavy atom. The van der Waals surface area contributed by atoms with E-state index in [1.54, 1.807) is 23.9 Å². The van der Waals surface area contributed by atoms with Crippen LogP contribution in [-0.2, 0) is 0 Å². The first kappa shape index (κ1) is 10.9. The summed E-state index contributed by atoms with van der Waals surface area (Å²) in [5.41, 5.74) is 1.17. The quantitative estimate of drug-likeness (QED) is 0.924. The lowest BCUT2D eigenvalue weighted by atomic mass is 10.1. The van der Waals surface area contributed by atoms with Crippen molar-refractivity contribution in [3.05, 3.63) is 45.0 Å². The summed E-state index contributed by atoms with van der Waals surface area (Å²) in [5.74, 6) is 0. The Morgan fingerprint density at radius 1 is 1.53 bits per heavy atom. The van der Waals surface area contributed by atoms with E-state index >= 15 is 0 Å². The summed E-state index contributed by atoms with van der Waals surface area (Å²) in [4.78, 5) is 1.29. The van der Waals surface area contributed by atoms with Crippen LogP contribution in [0.15, 0.2) is 38.9 Å². The van der Waals surface area contributed by atoms with Crippen molar-refractivity contribution in [1.29, 1.82) is 0 Å². The Bertz CT molecular complexity index is 410. The molecule has 2 aromatic heterocycles. The van der Waals surface area contributed by atoms with Gasteiger partial charge in [0, 0.05) is 14.9 Å². The van der Waals surface area contributed by atoms with E-state index in [4.69, 9.17) is 4.42 Å². The van der Waals surface area contributed by atoms with Crippen molar-refractivity contribution in [2.24, 2.45) is 0 Å². The summed E-state index contributed by atoms with van der Waals surface area (Å²) < 4.78 is 6.28. The predicted octanol–water partition coefficient (Wildman–Crippen LogP) is 3.80. The third-order valence-electron chi connectivity index (χ3n) is 2.19. The third-order valence-corrected chi connectivity index (χ3v) is 4.13. The average Bonchev–Trinajstić information content (AvgIpc) is 2.85. The van der Waals surface area contributed by atoms with Gasteiger partial charge in [0.1, 0.15) is 0 Å². The molecule has 1 atom stereocenters. The van der Waals surface area contributed by atoms with Crippen molar-refractivity contribution in [3.8, 4) is 0 Å². The lowest BCUT2D eigenvalue weighted by molar-refractivity contribution is 0.554. The molecule has 2 nitrogen and oxygen atoms in total. The van der Waals surface area contributed by atoms with E-state index < -0.39 is 0 Å². The number of rotatable bonds is 4. The Morgan fingerprint density at radius 2 is 2.40 bits per heavy atom. The zero-order valence-corrected chi connectivity index (χ0v) is 10.8. The fourth-order valence-electron chi connectivity index (χ4n) is 1.52. The molecule has 0 saturated carbocycles. The van der Waals surface area contributed by atoms with Crippen molar-refractivity contribution in [3.63, 3.8) is 0 Å². The molecular weight excluding hydrogens is 274 g/mol. The van der Waals surface area contributed by atoms with Gasteiger partial charge in [-0.25, -0.2) is 0 Å². The van der Waals surface area contributed by atoms with Crippen molar-refractivity contribution < 1.29 is 4.42 Å². The van der Waals surface area contributed by atoms with Crippen LogP contribution in [0, 0.1) is 0 Å². The van der Waals surface area contributed by atoms with Gasteiger partial charge in [-0.3, -0.25) is 0 Å². The second-order valence-electron chi connectivity index (χ2n) is 3.18. The van der Waals surface area contributed by atoms with Gasteiger partial charge < -0.3 is 9.73 Å². The van der Waals surface area contributed by atoms with Gasteiger partial charge in [-0.05, 0) is 40.0 Å². The first-order valence-electron chi connectivity index (χ1n) is 4.81. The van der Waals surface area contributed by atoms with Gasteiger partial charge in [0.05, 0.1) is 18.6 Å². The summed E-state index contributed by atoms with van der Waals surface area (Å²) in [7, 11) is 0. The normalized spacial score (nSPS) is 12.9. The number of hydrogen-bond donors (Lipinski definition) is 1. The minimum atomic E-state index is 0.225. The average molecular weight is 286 g/mol. The van der Waals surface area contributed by atoms with Gasteiger partial charge >= 0.3 is 0 Å². The fourth-order valence-corrected chi connectivity index (χ4v) is 3.22. The lowest BCUT2D eigenvalue weighted by Crippen LogP contribution is -2.20. The molecule has 0 bridgehead atoms. The highest BCUT2D eigenvalue weighted by atomic mass is 79.9. The van der Waals surface area contributed by atoms with Crippen LogP contribution in [0.2, 0.25) is 0 Å². The molecule has 1 unspecified atom stereocenters. The van der Waals surface area contributed by atoms with E-state index in [0.717, 1.165) is 11.0 Å². The van der Waals surface area contributed by atoms with Crippen molar-refractivity contribution >= 4 is 27.3 Å². The van der Waals surface area contributed by atoms with Gasteiger partial charge in [0.2, 0.25) is 0 Å². The van der Waals surface area contributed by atoms with Crippen molar-refractivity contribution in [2.75, 3.05) is 6.54 Å². The summed E-state index contributed by atoms with van der Waals surface area (Å²) in [6.45, 7) is 3.04. The second-order valence-corrected chi connectivity index (χ2v) is 4.98. The molecule has 0 spiro atoms. The van der Waals surface area contributed by atoms with Crippen LogP contribution in [0.25, 0.3) is 0 Å². The molecule has 0 radical (unpaired) electrons. The van der Waals surface area contributed by atoms with Crippen LogP contribution in [-0.4, -0.2) is 6.54 Å². The van der Waals surface area contributed by atoms with Crippen LogP contribution in [0.4, 0.5) is 0 Å². The molecule has 2 rings (SSSR count). The monoisotopic (exact) mass is 285 g/mol. The Kier molecular flexibility index (Phi) is 3.61. The predicted molar refractivity (Wildman–Crippen MR) is 66.2 cm³/mol. The highest BCUT2D eigenvalue weighted by molar-refractivity contribution is 9.10. The van der Waals surface area contributed by atoms with Gasteiger partial charge in [-0.15, -0.1) is 11.3 Å². The first-order valence-corrected chi connectivity index (χ1v) is 6.48. The van der Waals surface area contributed by atoms with E-state index in [9.17, 15) is 0 Å². The molecule has 4 heteroatoms. The van der Waals surface area contributed by atoms with Crippen LogP contribution in [0.3, 0.4) is 0 Å². The standard InChI is InChI=1S/C11H12BrNOS/c1-2-13-10(8-3-5-14-7-8)11-9(12)4-6-15-11/h3-7,10,13H,2H2,1H3. The number of hydrogen-bond acceptors (Lipinski definition) is 3. The highest BCUT2D eigenvalue weighted by Gasteiger charge is 2.17. The SMILES string of the molecule is CCNC(c1ccoc1)c1sccc1Br. The molecule has 0 aliphatic heterocycles. The zero-order valence-electron chi connectivity index (χ0n) is 8.37. The van der Waals surface area contributed by atoms with Crippen LogP contribution < -0.4 is 5.32 Å². The number of furan rings is 1. The lowest BCUT2D eigenvalue weighted by Gasteiger charge is -2.15. The molecule has 15 heavy (non-hydrogen) atoms. The first-order chi connectivity index (χ1) is 7.33. The molecule has 0 amide bonds. The van der Waals surface area contributed by atoms with E-state index in [1.165, 1.54) is 10.4 Å². The maximum Gasteiger partial charge on any atom is 0.0954 e. The molecule has 80 valence electrons. The molecule has 1 N–H and O–H groups in total. The van der Waals surface area contributed by atoms with Gasteiger partial charge in [-0.1, -0.05) is 6.92 Å². The number of nitrogens with one attached hydrogen (secondary N) is 1. The van der Waals surface area contributed by atoms with Gasteiger partial charge in [0.15, 0.2) is 0 Å². The Balaban J connectivity index is 2.32. The molecule has 0 aliphatic rings. The second kappa shape index (κ2) is 4.96. The van der Waals surface area contributed by atoms with E-state index in [2.05, 4.69) is 39.6 Å². The smallest absolute Gasteiger partial charge is 0.0954 e. The number of thiophene rings is 1. The number of halogens is 1. The maximum absolute atomic E-state index is 5.13. The fraction of sp³-hybridized carbons (Fsp3) is 0.273. The molecule has 0 fully saturated rings. The molecule has 0 saturated heterocycles. The van der Waals surface area contributed by atoms with Gasteiger partial charge in [0.25, 0.3) is 0 Å². The minimum Gasteiger partial charge on any atom is -0.472 e. The Labute approximate surface area is 101 Å². The van der Waals surface area contributed by atoms with E-state index in [-0.39, 0.29) is 6.04 Å². The molecule has 2 heterocycles. The molecule has 2 aromatic rings. The third kappa shape index (κ3) is 2.33. The van der Waals surface area contributed by atoms with Crippen LogP contribution in [0.1, 0.15) is 23.4 Å².